The summed E-state index contributed by atoms with van der Waals surface area (Å²) in [6.45, 7) is 2.31. The minimum Gasteiger partial charge on any atom is -0.396 e. The summed E-state index contributed by atoms with van der Waals surface area (Å²) in [5.41, 5.74) is 6.12. The van der Waals surface area contributed by atoms with Crippen molar-refractivity contribution < 1.29 is 5.11 Å². The average molecular weight is 270 g/mol. The number of anilines is 2. The van der Waals surface area contributed by atoms with Gasteiger partial charge in [0.1, 0.15) is 5.82 Å². The molecular weight excluding hydrogens is 250 g/mol. The molecule has 2 rings (SSSR count). The van der Waals surface area contributed by atoms with E-state index in [9.17, 15) is 5.11 Å². The number of nitrogen functional groups attached to an aromatic ring is 1. The molecule has 0 aromatic carbocycles. The number of hydrogen-bond acceptors (Lipinski definition) is 4. The number of nitrogens with one attached hydrogen (secondary N) is 1. The molecule has 1 aliphatic carbocycles. The zero-order chi connectivity index (χ0) is 13.2. The topological polar surface area (TPSA) is 71.2 Å². The maximum Gasteiger partial charge on any atom is 0.149 e. The zero-order valence-electron chi connectivity index (χ0n) is 10.6. The fourth-order valence-corrected chi connectivity index (χ4v) is 2.93. The molecule has 0 aliphatic heterocycles. The van der Waals surface area contributed by atoms with Crippen LogP contribution in [0.1, 0.15) is 32.6 Å². The van der Waals surface area contributed by atoms with Crippen LogP contribution in [-0.2, 0) is 0 Å². The standard InChI is InChI=1S/C13H20ClN3O/c1-9-3-2-4-13(6-9,8-18)17-12-11(15)5-10(14)7-16-12/h5,7,9,18H,2-4,6,8,15H2,1H3,(H,16,17). The van der Waals surface area contributed by atoms with Gasteiger partial charge in [-0.15, -0.1) is 0 Å². The van der Waals surface area contributed by atoms with Gasteiger partial charge in [-0.2, -0.15) is 0 Å². The van der Waals surface area contributed by atoms with Gasteiger partial charge in [0.15, 0.2) is 0 Å². The Morgan fingerprint density at radius 2 is 2.44 bits per heavy atom. The summed E-state index contributed by atoms with van der Waals surface area (Å²) in [7, 11) is 0. The van der Waals surface area contributed by atoms with Gasteiger partial charge in [0.05, 0.1) is 22.9 Å². The first-order valence-electron chi connectivity index (χ1n) is 6.35. The van der Waals surface area contributed by atoms with E-state index >= 15 is 0 Å². The fourth-order valence-electron chi connectivity index (χ4n) is 2.77. The van der Waals surface area contributed by atoms with Crippen LogP contribution >= 0.6 is 11.6 Å². The maximum atomic E-state index is 9.71. The van der Waals surface area contributed by atoms with Gasteiger partial charge in [-0.1, -0.05) is 31.4 Å². The highest BCUT2D eigenvalue weighted by Crippen LogP contribution is 2.35. The van der Waals surface area contributed by atoms with E-state index in [2.05, 4.69) is 17.2 Å². The van der Waals surface area contributed by atoms with Gasteiger partial charge in [-0.05, 0) is 24.8 Å². The van der Waals surface area contributed by atoms with Crippen LogP contribution < -0.4 is 11.1 Å². The molecule has 2 atom stereocenters. The molecule has 1 saturated carbocycles. The largest absolute Gasteiger partial charge is 0.396 e. The highest BCUT2D eigenvalue weighted by atomic mass is 35.5. The summed E-state index contributed by atoms with van der Waals surface area (Å²) in [4.78, 5) is 4.21. The Morgan fingerprint density at radius 1 is 1.67 bits per heavy atom. The number of nitrogens with two attached hydrogens (primary N) is 1. The van der Waals surface area contributed by atoms with E-state index in [0.717, 1.165) is 19.3 Å². The first kappa shape index (κ1) is 13.4. The normalized spacial score (nSPS) is 28.1. The number of hydrogen-bond donors (Lipinski definition) is 3. The van der Waals surface area contributed by atoms with Crippen molar-refractivity contribution in [1.29, 1.82) is 0 Å². The summed E-state index contributed by atoms with van der Waals surface area (Å²) in [6, 6.07) is 1.67. The molecule has 1 aromatic rings. The molecule has 100 valence electrons. The van der Waals surface area contributed by atoms with E-state index in [1.165, 1.54) is 6.42 Å². The zero-order valence-corrected chi connectivity index (χ0v) is 11.4. The van der Waals surface area contributed by atoms with Crippen molar-refractivity contribution in [2.75, 3.05) is 17.7 Å². The summed E-state index contributed by atoms with van der Waals surface area (Å²) in [5, 5.41) is 13.6. The Balaban J connectivity index is 2.19. The van der Waals surface area contributed by atoms with Crippen molar-refractivity contribution >= 4 is 23.1 Å². The second-order valence-electron chi connectivity index (χ2n) is 5.36. The molecule has 5 heteroatoms. The van der Waals surface area contributed by atoms with Gasteiger partial charge in [0, 0.05) is 6.20 Å². The third kappa shape index (κ3) is 2.87. The molecule has 0 spiro atoms. The van der Waals surface area contributed by atoms with Crippen LogP contribution in [0.15, 0.2) is 12.3 Å². The van der Waals surface area contributed by atoms with Crippen LogP contribution in [0.5, 0.6) is 0 Å². The fraction of sp³-hybridized carbons (Fsp3) is 0.615. The lowest BCUT2D eigenvalue weighted by molar-refractivity contribution is 0.149. The summed E-state index contributed by atoms with van der Waals surface area (Å²) in [6.07, 6.45) is 5.78. The molecule has 2 unspecified atom stereocenters. The van der Waals surface area contributed by atoms with Gasteiger partial charge in [-0.3, -0.25) is 0 Å². The van der Waals surface area contributed by atoms with Crippen LogP contribution in [0.4, 0.5) is 11.5 Å². The lowest BCUT2D eigenvalue weighted by Crippen LogP contribution is -2.46. The average Bonchev–Trinajstić information content (AvgIpc) is 2.33. The minimum atomic E-state index is -0.299. The van der Waals surface area contributed by atoms with Crippen LogP contribution in [-0.4, -0.2) is 22.2 Å². The summed E-state index contributed by atoms with van der Waals surface area (Å²) >= 11 is 5.83. The third-order valence-electron chi connectivity index (χ3n) is 3.66. The molecule has 0 amide bonds. The van der Waals surface area contributed by atoms with E-state index in [-0.39, 0.29) is 12.1 Å². The van der Waals surface area contributed by atoms with Crippen molar-refractivity contribution in [2.45, 2.75) is 38.1 Å². The van der Waals surface area contributed by atoms with Crippen molar-refractivity contribution in [2.24, 2.45) is 5.92 Å². The SMILES string of the molecule is CC1CCCC(CO)(Nc2ncc(Cl)cc2N)C1. The predicted molar refractivity (Wildman–Crippen MR) is 74.7 cm³/mol. The predicted octanol–water partition coefficient (Wildman–Crippen LogP) is 2.67. The Morgan fingerprint density at radius 3 is 3.06 bits per heavy atom. The number of aliphatic hydroxyl groups excluding tert-OH is 1. The first-order valence-corrected chi connectivity index (χ1v) is 6.72. The van der Waals surface area contributed by atoms with Crippen molar-refractivity contribution in [1.82, 2.24) is 4.98 Å². The van der Waals surface area contributed by atoms with E-state index in [0.29, 0.717) is 22.4 Å². The highest BCUT2D eigenvalue weighted by molar-refractivity contribution is 6.30. The van der Waals surface area contributed by atoms with Crippen LogP contribution in [0.2, 0.25) is 5.02 Å². The third-order valence-corrected chi connectivity index (χ3v) is 3.87. The van der Waals surface area contributed by atoms with Gasteiger partial charge in [0.25, 0.3) is 0 Å². The molecule has 1 fully saturated rings. The van der Waals surface area contributed by atoms with Crippen molar-refractivity contribution in [3.63, 3.8) is 0 Å². The monoisotopic (exact) mass is 269 g/mol. The van der Waals surface area contributed by atoms with Crippen molar-refractivity contribution in [3.05, 3.63) is 17.3 Å². The Kier molecular flexibility index (Phi) is 3.97. The number of halogens is 1. The molecule has 0 saturated heterocycles. The van der Waals surface area contributed by atoms with E-state index in [4.69, 9.17) is 17.3 Å². The number of pyridine rings is 1. The summed E-state index contributed by atoms with van der Waals surface area (Å²) < 4.78 is 0. The van der Waals surface area contributed by atoms with Crippen LogP contribution in [0.3, 0.4) is 0 Å². The first-order chi connectivity index (χ1) is 8.54. The van der Waals surface area contributed by atoms with E-state index in [1.807, 2.05) is 0 Å². The smallest absolute Gasteiger partial charge is 0.149 e. The Bertz CT molecular complexity index is 427. The molecule has 4 N–H and O–H groups in total. The second kappa shape index (κ2) is 5.33. The van der Waals surface area contributed by atoms with E-state index < -0.39 is 0 Å². The van der Waals surface area contributed by atoms with Crippen LogP contribution in [0, 0.1) is 5.92 Å². The molecule has 4 nitrogen and oxygen atoms in total. The number of aromatic nitrogens is 1. The molecule has 1 aromatic heterocycles. The molecule has 1 aliphatic rings. The van der Waals surface area contributed by atoms with E-state index in [1.54, 1.807) is 12.3 Å². The lowest BCUT2D eigenvalue weighted by Gasteiger charge is -2.40. The molecular formula is C13H20ClN3O. The second-order valence-corrected chi connectivity index (χ2v) is 5.79. The quantitative estimate of drug-likeness (QED) is 0.789. The molecule has 1 heterocycles. The number of nitrogens with zero attached hydrogens (tertiary/aromatic N) is 1. The Hall–Kier alpha value is -1.00. The molecule has 18 heavy (non-hydrogen) atoms. The van der Waals surface area contributed by atoms with Gasteiger partial charge in [-0.25, -0.2) is 4.98 Å². The molecule has 0 bridgehead atoms. The maximum absolute atomic E-state index is 9.71. The van der Waals surface area contributed by atoms with Crippen molar-refractivity contribution in [3.8, 4) is 0 Å². The summed E-state index contributed by atoms with van der Waals surface area (Å²) in [5.74, 6) is 1.22. The molecule has 0 radical (unpaired) electrons. The van der Waals surface area contributed by atoms with Crippen LogP contribution in [0.25, 0.3) is 0 Å². The lowest BCUT2D eigenvalue weighted by atomic mass is 9.77. The van der Waals surface area contributed by atoms with Gasteiger partial charge >= 0.3 is 0 Å². The number of aliphatic hydroxyl groups is 1. The number of rotatable bonds is 3. The van der Waals surface area contributed by atoms with Gasteiger partial charge in [0.2, 0.25) is 0 Å². The van der Waals surface area contributed by atoms with Gasteiger partial charge < -0.3 is 16.2 Å². The minimum absolute atomic E-state index is 0.0983. The Labute approximate surface area is 113 Å². The highest BCUT2D eigenvalue weighted by Gasteiger charge is 2.35.